The summed E-state index contributed by atoms with van der Waals surface area (Å²) < 4.78 is 5.68. The Balaban J connectivity index is 2.29. The average Bonchev–Trinajstić information content (AvgIpc) is 2.72. The molecule has 0 aromatic carbocycles. The molecular weight excluding hydrogens is 226 g/mol. The second kappa shape index (κ2) is 4.25. The highest BCUT2D eigenvalue weighted by Gasteiger charge is 2.24. The number of aryl methyl sites for hydroxylation is 1. The molecule has 2 heterocycles. The molecule has 4 nitrogen and oxygen atoms in total. The number of hydrogen-bond acceptors (Lipinski definition) is 5. The van der Waals surface area contributed by atoms with Crippen LogP contribution in [-0.2, 0) is 9.63 Å². The maximum absolute atomic E-state index is 11.0. The molecule has 16 heavy (non-hydrogen) atoms. The lowest BCUT2D eigenvalue weighted by Crippen LogP contribution is -2.08. The van der Waals surface area contributed by atoms with E-state index in [4.69, 9.17) is 4.74 Å². The van der Waals surface area contributed by atoms with Crippen LogP contribution in [-0.4, -0.2) is 17.8 Å². The summed E-state index contributed by atoms with van der Waals surface area (Å²) >= 11 is 1.57. The van der Waals surface area contributed by atoms with Crippen LogP contribution < -0.4 is 4.74 Å². The Kier molecular flexibility index (Phi) is 2.96. The molecule has 5 heteroatoms. The quantitative estimate of drug-likeness (QED) is 0.761. The Morgan fingerprint density at radius 2 is 2.31 bits per heavy atom. The van der Waals surface area contributed by atoms with E-state index in [0.717, 1.165) is 15.5 Å². The molecule has 2 rings (SSSR count). The summed E-state index contributed by atoms with van der Waals surface area (Å²) in [5.74, 6) is 0.478. The van der Waals surface area contributed by atoms with Crippen LogP contribution in [0.5, 0.6) is 5.75 Å². The van der Waals surface area contributed by atoms with Crippen LogP contribution in [0, 0.1) is 6.92 Å². The molecule has 1 aliphatic heterocycles. The topological polar surface area (TPSA) is 47.9 Å². The number of ether oxygens (including phenoxy) is 1. The fourth-order valence-corrected chi connectivity index (χ4v) is 2.39. The molecular formula is C11H13NO3S. The minimum atomic E-state index is -0.309. The van der Waals surface area contributed by atoms with Gasteiger partial charge in [0.15, 0.2) is 0 Å². The van der Waals surface area contributed by atoms with Gasteiger partial charge in [-0.25, -0.2) is 4.79 Å². The fourth-order valence-electron chi connectivity index (χ4n) is 1.46. The molecule has 0 saturated carbocycles. The highest BCUT2D eigenvalue weighted by atomic mass is 32.1. The van der Waals surface area contributed by atoms with Crippen molar-refractivity contribution >= 4 is 23.0 Å². The molecule has 0 bridgehead atoms. The van der Waals surface area contributed by atoms with Gasteiger partial charge in [-0.05, 0) is 26.8 Å². The van der Waals surface area contributed by atoms with Gasteiger partial charge in [0.2, 0.25) is 0 Å². The normalized spacial score (nSPS) is 15.2. The van der Waals surface area contributed by atoms with Crippen molar-refractivity contribution in [3.63, 3.8) is 0 Å². The molecule has 1 aromatic heterocycles. The average molecular weight is 239 g/mol. The summed E-state index contributed by atoms with van der Waals surface area (Å²) in [6.07, 6.45) is 0.334. The van der Waals surface area contributed by atoms with Gasteiger partial charge in [-0.3, -0.25) is 0 Å². The molecule has 0 spiro atoms. The fraction of sp³-hybridized carbons (Fsp3) is 0.455. The highest BCUT2D eigenvalue weighted by Crippen LogP contribution is 2.32. The van der Waals surface area contributed by atoms with Gasteiger partial charge in [0.25, 0.3) is 0 Å². The summed E-state index contributed by atoms with van der Waals surface area (Å²) in [4.78, 5) is 17.6. The van der Waals surface area contributed by atoms with E-state index in [2.05, 4.69) is 9.99 Å². The Labute approximate surface area is 97.9 Å². The first-order chi connectivity index (χ1) is 7.56. The zero-order valence-electron chi connectivity index (χ0n) is 9.44. The Morgan fingerprint density at radius 1 is 1.56 bits per heavy atom. The first kappa shape index (κ1) is 11.1. The number of nitrogens with zero attached hydrogens (tertiary/aromatic N) is 1. The molecule has 0 amide bonds. The summed E-state index contributed by atoms with van der Waals surface area (Å²) in [7, 11) is 0. The second-order valence-electron chi connectivity index (χ2n) is 3.90. The van der Waals surface area contributed by atoms with E-state index in [-0.39, 0.29) is 18.5 Å². The van der Waals surface area contributed by atoms with Gasteiger partial charge < -0.3 is 9.57 Å². The zero-order chi connectivity index (χ0) is 11.7. The minimum absolute atomic E-state index is 0.103. The van der Waals surface area contributed by atoms with Crippen LogP contribution in [0.2, 0.25) is 0 Å². The number of hydrogen-bond donors (Lipinski definition) is 0. The number of carbonyl (C=O) groups excluding carboxylic acids is 1. The first-order valence-electron chi connectivity index (χ1n) is 5.10. The van der Waals surface area contributed by atoms with Gasteiger partial charge in [0.1, 0.15) is 11.5 Å². The van der Waals surface area contributed by atoms with E-state index in [1.165, 1.54) is 0 Å². The summed E-state index contributed by atoms with van der Waals surface area (Å²) in [6.45, 7) is 5.93. The maximum Gasteiger partial charge on any atom is 0.341 e. The third-order valence-electron chi connectivity index (χ3n) is 2.02. The van der Waals surface area contributed by atoms with Crippen molar-refractivity contribution < 1.29 is 14.4 Å². The molecule has 0 fully saturated rings. The lowest BCUT2D eigenvalue weighted by Gasteiger charge is -2.09. The SMILES string of the molecule is Cc1cc(OC(C)C)c(C2=NOC(=O)C2)s1. The van der Waals surface area contributed by atoms with Crippen molar-refractivity contribution in [2.45, 2.75) is 33.3 Å². The molecule has 1 aliphatic rings. The summed E-state index contributed by atoms with van der Waals surface area (Å²) in [6, 6.07) is 1.96. The zero-order valence-corrected chi connectivity index (χ0v) is 10.3. The standard InChI is InChI=1S/C11H13NO3S/c1-6(2)14-9-4-7(3)16-11(9)8-5-10(13)15-12-8/h4,6H,5H2,1-3H3. The smallest absolute Gasteiger partial charge is 0.341 e. The Bertz CT molecular complexity index is 448. The van der Waals surface area contributed by atoms with Crippen LogP contribution in [0.4, 0.5) is 0 Å². The van der Waals surface area contributed by atoms with Crippen LogP contribution in [0.1, 0.15) is 30.0 Å². The van der Waals surface area contributed by atoms with E-state index >= 15 is 0 Å². The molecule has 86 valence electrons. The van der Waals surface area contributed by atoms with Crippen LogP contribution in [0.15, 0.2) is 11.2 Å². The van der Waals surface area contributed by atoms with Gasteiger partial charge in [0.05, 0.1) is 17.4 Å². The molecule has 1 aromatic rings. The van der Waals surface area contributed by atoms with Crippen molar-refractivity contribution in [3.8, 4) is 5.75 Å². The van der Waals surface area contributed by atoms with E-state index in [9.17, 15) is 4.79 Å². The summed E-state index contributed by atoms with van der Waals surface area (Å²) in [5, 5.41) is 3.77. The van der Waals surface area contributed by atoms with Crippen molar-refractivity contribution in [3.05, 3.63) is 15.8 Å². The molecule has 0 aliphatic carbocycles. The Morgan fingerprint density at radius 3 is 2.88 bits per heavy atom. The second-order valence-corrected chi connectivity index (χ2v) is 5.15. The molecule has 0 saturated heterocycles. The lowest BCUT2D eigenvalue weighted by atomic mass is 10.2. The predicted molar refractivity (Wildman–Crippen MR) is 62.1 cm³/mol. The number of carbonyl (C=O) groups is 1. The van der Waals surface area contributed by atoms with Crippen molar-refractivity contribution in [2.24, 2.45) is 5.16 Å². The van der Waals surface area contributed by atoms with Crippen LogP contribution in [0.3, 0.4) is 0 Å². The minimum Gasteiger partial charge on any atom is -0.489 e. The van der Waals surface area contributed by atoms with E-state index in [1.807, 2.05) is 26.8 Å². The van der Waals surface area contributed by atoms with Crippen molar-refractivity contribution in [2.75, 3.05) is 0 Å². The monoisotopic (exact) mass is 239 g/mol. The van der Waals surface area contributed by atoms with E-state index in [0.29, 0.717) is 5.71 Å². The van der Waals surface area contributed by atoms with Gasteiger partial charge in [-0.2, -0.15) is 0 Å². The van der Waals surface area contributed by atoms with Gasteiger partial charge in [-0.1, -0.05) is 5.16 Å². The van der Waals surface area contributed by atoms with Crippen molar-refractivity contribution in [1.82, 2.24) is 0 Å². The summed E-state index contributed by atoms with van der Waals surface area (Å²) in [5.41, 5.74) is 0.666. The predicted octanol–water partition coefficient (Wildman–Crippen LogP) is 2.49. The number of rotatable bonds is 3. The largest absolute Gasteiger partial charge is 0.489 e. The number of oxime groups is 1. The Hall–Kier alpha value is -1.36. The van der Waals surface area contributed by atoms with Gasteiger partial charge >= 0.3 is 5.97 Å². The lowest BCUT2D eigenvalue weighted by molar-refractivity contribution is -0.140. The van der Waals surface area contributed by atoms with Crippen LogP contribution >= 0.6 is 11.3 Å². The molecule has 0 N–H and O–H groups in total. The van der Waals surface area contributed by atoms with Crippen molar-refractivity contribution in [1.29, 1.82) is 0 Å². The van der Waals surface area contributed by atoms with Gasteiger partial charge in [-0.15, -0.1) is 11.3 Å². The molecule has 0 unspecified atom stereocenters. The molecule has 0 atom stereocenters. The van der Waals surface area contributed by atoms with E-state index < -0.39 is 0 Å². The third-order valence-corrected chi connectivity index (χ3v) is 3.10. The number of thiophene rings is 1. The van der Waals surface area contributed by atoms with Gasteiger partial charge in [0, 0.05) is 4.88 Å². The van der Waals surface area contributed by atoms with E-state index in [1.54, 1.807) is 11.3 Å². The highest BCUT2D eigenvalue weighted by molar-refractivity contribution is 7.14. The maximum atomic E-state index is 11.0. The first-order valence-corrected chi connectivity index (χ1v) is 5.92. The third kappa shape index (κ3) is 2.24. The van der Waals surface area contributed by atoms with Crippen LogP contribution in [0.25, 0.3) is 0 Å². The molecule has 0 radical (unpaired) electrons.